The minimum absolute atomic E-state index is 0.267. The van der Waals surface area contributed by atoms with Crippen molar-refractivity contribution in [3.63, 3.8) is 0 Å². The molecule has 0 fully saturated rings. The minimum Gasteiger partial charge on any atom is -0.330 e. The van der Waals surface area contributed by atoms with Gasteiger partial charge in [-0.15, -0.1) is 0 Å². The van der Waals surface area contributed by atoms with E-state index in [1.54, 1.807) is 0 Å². The van der Waals surface area contributed by atoms with E-state index in [0.717, 1.165) is 25.1 Å². The van der Waals surface area contributed by atoms with Crippen LogP contribution in [0.2, 0.25) is 0 Å². The quantitative estimate of drug-likeness (QED) is 0.761. The lowest BCUT2D eigenvalue weighted by Crippen LogP contribution is -2.20. The summed E-state index contributed by atoms with van der Waals surface area (Å²) in [5.74, 6) is 0. The van der Waals surface area contributed by atoms with Crippen molar-refractivity contribution in [2.45, 2.75) is 26.7 Å². The molecule has 74 valence electrons. The van der Waals surface area contributed by atoms with E-state index in [9.17, 15) is 0 Å². The molecule has 0 unspecified atom stereocenters. The topological polar surface area (TPSA) is 43.8 Å². The van der Waals surface area contributed by atoms with Crippen LogP contribution in [0.1, 0.15) is 26.0 Å². The molecule has 1 rings (SSSR count). The molecule has 1 aromatic rings. The van der Waals surface area contributed by atoms with Crippen LogP contribution in [0.5, 0.6) is 0 Å². The maximum atomic E-state index is 5.55. The summed E-state index contributed by atoms with van der Waals surface area (Å²) >= 11 is 0. The number of nitrogens with zero attached hydrogens (tertiary/aromatic N) is 2. The van der Waals surface area contributed by atoms with Gasteiger partial charge >= 0.3 is 0 Å². The molecule has 0 aliphatic carbocycles. The van der Waals surface area contributed by atoms with Crippen LogP contribution in [0, 0.1) is 5.41 Å². The molecule has 0 radical (unpaired) electrons. The Morgan fingerprint density at radius 1 is 1.54 bits per heavy atom. The van der Waals surface area contributed by atoms with E-state index in [1.165, 1.54) is 0 Å². The second-order valence-corrected chi connectivity index (χ2v) is 4.36. The Labute approximate surface area is 79.9 Å². The molecule has 13 heavy (non-hydrogen) atoms. The lowest BCUT2D eigenvalue weighted by Gasteiger charge is -2.22. The van der Waals surface area contributed by atoms with Crippen LogP contribution in [0.15, 0.2) is 12.3 Å². The molecule has 0 aromatic carbocycles. The number of nitrogens with two attached hydrogens (primary N) is 1. The Bertz CT molecular complexity index is 263. The van der Waals surface area contributed by atoms with E-state index >= 15 is 0 Å². The molecule has 3 nitrogen and oxygen atoms in total. The van der Waals surface area contributed by atoms with Crippen LogP contribution in [0.4, 0.5) is 0 Å². The van der Waals surface area contributed by atoms with Crippen molar-refractivity contribution in [1.29, 1.82) is 0 Å². The zero-order valence-electron chi connectivity index (χ0n) is 8.75. The van der Waals surface area contributed by atoms with Crippen molar-refractivity contribution in [2.75, 3.05) is 6.54 Å². The fourth-order valence-electron chi connectivity index (χ4n) is 1.53. The first kappa shape index (κ1) is 10.3. The van der Waals surface area contributed by atoms with Gasteiger partial charge in [0.1, 0.15) is 0 Å². The zero-order chi connectivity index (χ0) is 9.90. The van der Waals surface area contributed by atoms with Gasteiger partial charge in [-0.2, -0.15) is 5.10 Å². The van der Waals surface area contributed by atoms with Gasteiger partial charge in [0.05, 0.1) is 5.69 Å². The van der Waals surface area contributed by atoms with Gasteiger partial charge in [-0.1, -0.05) is 13.8 Å². The first-order valence-electron chi connectivity index (χ1n) is 4.72. The molecular weight excluding hydrogens is 162 g/mol. The predicted molar refractivity (Wildman–Crippen MR) is 54.4 cm³/mol. The van der Waals surface area contributed by atoms with Crippen LogP contribution in [0.3, 0.4) is 0 Å². The normalized spacial score (nSPS) is 12.0. The van der Waals surface area contributed by atoms with E-state index in [-0.39, 0.29) is 5.41 Å². The number of hydrogen-bond donors (Lipinski definition) is 1. The molecule has 3 heteroatoms. The van der Waals surface area contributed by atoms with Gasteiger partial charge in [-0.3, -0.25) is 4.68 Å². The summed E-state index contributed by atoms with van der Waals surface area (Å²) in [4.78, 5) is 0. The van der Waals surface area contributed by atoms with Gasteiger partial charge < -0.3 is 5.73 Å². The van der Waals surface area contributed by atoms with Gasteiger partial charge in [-0.25, -0.2) is 0 Å². The lowest BCUT2D eigenvalue weighted by molar-refractivity contribution is 0.334. The average molecular weight is 181 g/mol. The highest BCUT2D eigenvalue weighted by atomic mass is 15.2. The first-order valence-corrected chi connectivity index (χ1v) is 4.72. The largest absolute Gasteiger partial charge is 0.330 e. The van der Waals surface area contributed by atoms with Crippen molar-refractivity contribution in [2.24, 2.45) is 18.2 Å². The van der Waals surface area contributed by atoms with Crippen molar-refractivity contribution in [1.82, 2.24) is 9.78 Å². The fraction of sp³-hybridized carbons (Fsp3) is 0.700. The van der Waals surface area contributed by atoms with E-state index in [0.29, 0.717) is 0 Å². The summed E-state index contributed by atoms with van der Waals surface area (Å²) in [5, 5.41) is 4.35. The standard InChI is InChI=1S/C10H19N3/c1-10(2,5-6-11)8-9-4-7-13(3)12-9/h4,7H,5-6,8,11H2,1-3H3. The van der Waals surface area contributed by atoms with Gasteiger partial charge in [0.2, 0.25) is 0 Å². The highest BCUT2D eigenvalue weighted by Crippen LogP contribution is 2.24. The van der Waals surface area contributed by atoms with Gasteiger partial charge in [0, 0.05) is 13.2 Å². The van der Waals surface area contributed by atoms with Crippen LogP contribution < -0.4 is 5.73 Å². The first-order chi connectivity index (χ1) is 6.03. The molecule has 0 saturated heterocycles. The zero-order valence-corrected chi connectivity index (χ0v) is 8.75. The Kier molecular flexibility index (Phi) is 3.09. The van der Waals surface area contributed by atoms with E-state index in [4.69, 9.17) is 5.73 Å². The van der Waals surface area contributed by atoms with Crippen molar-refractivity contribution in [3.05, 3.63) is 18.0 Å². The van der Waals surface area contributed by atoms with Gasteiger partial charge in [0.25, 0.3) is 0 Å². The molecule has 0 aliphatic heterocycles. The minimum atomic E-state index is 0.267. The summed E-state index contributed by atoms with van der Waals surface area (Å²) in [6.45, 7) is 5.21. The predicted octanol–water partition coefficient (Wildman–Crippen LogP) is 1.34. The molecule has 0 bridgehead atoms. The third-order valence-corrected chi connectivity index (χ3v) is 2.25. The molecule has 0 atom stereocenters. The molecule has 0 amide bonds. The van der Waals surface area contributed by atoms with Crippen molar-refractivity contribution < 1.29 is 0 Å². The molecule has 1 aromatic heterocycles. The molecule has 0 aliphatic rings. The van der Waals surface area contributed by atoms with Gasteiger partial charge in [-0.05, 0) is 30.9 Å². The summed E-state index contributed by atoms with van der Waals surface area (Å²) < 4.78 is 1.84. The lowest BCUT2D eigenvalue weighted by atomic mass is 9.84. The fourth-order valence-corrected chi connectivity index (χ4v) is 1.53. The van der Waals surface area contributed by atoms with Crippen LogP contribution in [-0.2, 0) is 13.5 Å². The van der Waals surface area contributed by atoms with Crippen molar-refractivity contribution >= 4 is 0 Å². The Morgan fingerprint density at radius 3 is 2.69 bits per heavy atom. The highest BCUT2D eigenvalue weighted by Gasteiger charge is 2.18. The van der Waals surface area contributed by atoms with Crippen LogP contribution in [-0.4, -0.2) is 16.3 Å². The number of hydrogen-bond acceptors (Lipinski definition) is 2. The average Bonchev–Trinajstić information content (AvgIpc) is 2.34. The van der Waals surface area contributed by atoms with Crippen molar-refractivity contribution in [3.8, 4) is 0 Å². The summed E-state index contributed by atoms with van der Waals surface area (Å²) in [7, 11) is 1.94. The van der Waals surface area contributed by atoms with Gasteiger partial charge in [0.15, 0.2) is 0 Å². The highest BCUT2D eigenvalue weighted by molar-refractivity contribution is 5.01. The molecule has 2 N–H and O–H groups in total. The summed E-state index contributed by atoms with van der Waals surface area (Å²) in [5.41, 5.74) is 6.97. The maximum Gasteiger partial charge on any atom is 0.0629 e. The third-order valence-electron chi connectivity index (χ3n) is 2.25. The Balaban J connectivity index is 2.57. The number of aromatic nitrogens is 2. The van der Waals surface area contributed by atoms with E-state index in [2.05, 4.69) is 25.0 Å². The second-order valence-electron chi connectivity index (χ2n) is 4.36. The molecule has 0 spiro atoms. The summed E-state index contributed by atoms with van der Waals surface area (Å²) in [6.07, 6.45) is 4.03. The Morgan fingerprint density at radius 2 is 2.23 bits per heavy atom. The monoisotopic (exact) mass is 181 g/mol. The molecule has 1 heterocycles. The van der Waals surface area contributed by atoms with Crippen LogP contribution in [0.25, 0.3) is 0 Å². The third kappa shape index (κ3) is 3.19. The summed E-state index contributed by atoms with van der Waals surface area (Å²) in [6, 6.07) is 2.07. The molecule has 0 saturated carbocycles. The number of aryl methyl sites for hydroxylation is 1. The van der Waals surface area contributed by atoms with E-state index in [1.807, 2.05) is 17.9 Å². The smallest absolute Gasteiger partial charge is 0.0629 e. The maximum absolute atomic E-state index is 5.55. The SMILES string of the molecule is Cn1ccc(CC(C)(C)CCN)n1. The number of rotatable bonds is 4. The molecular formula is C10H19N3. The Hall–Kier alpha value is -0.830. The second kappa shape index (κ2) is 3.92. The van der Waals surface area contributed by atoms with E-state index < -0.39 is 0 Å². The van der Waals surface area contributed by atoms with Crippen LogP contribution >= 0.6 is 0 Å².